The number of ether oxygens (including phenoxy) is 2. The molecule has 3 aromatic carbocycles. The maximum Gasteiger partial charge on any atom is 0.231 e. The highest BCUT2D eigenvalue weighted by Gasteiger charge is 2.13. The minimum atomic E-state index is -0.0609. The van der Waals surface area contributed by atoms with Gasteiger partial charge in [-0.15, -0.1) is 0 Å². The number of benzene rings is 3. The van der Waals surface area contributed by atoms with Gasteiger partial charge in [0.1, 0.15) is 0 Å². The molecule has 5 heteroatoms. The van der Waals surface area contributed by atoms with Crippen LogP contribution in [-0.2, 0) is 11.2 Å². The van der Waals surface area contributed by atoms with E-state index in [1.807, 2.05) is 24.3 Å². The zero-order chi connectivity index (χ0) is 20.9. The zero-order valence-electron chi connectivity index (χ0n) is 17.4. The molecule has 4 rings (SSSR count). The number of hydrogen-bond acceptors (Lipinski definition) is 4. The molecule has 154 valence electrons. The maximum atomic E-state index is 11.3. The van der Waals surface area contributed by atoms with Crippen LogP contribution < -0.4 is 14.8 Å². The lowest BCUT2D eigenvalue weighted by Crippen LogP contribution is -2.21. The number of fused-ring (bicyclic) bond motifs is 2. The van der Waals surface area contributed by atoms with Crippen molar-refractivity contribution in [2.24, 2.45) is 0 Å². The third-order valence-electron chi connectivity index (χ3n) is 5.17. The monoisotopic (exact) mass is 402 g/mol. The summed E-state index contributed by atoms with van der Waals surface area (Å²) in [6, 6.07) is 18.4. The standard InChI is InChI=1S/C25H26N2O3/c1-18(28)26-22-9-10-23-20(5-3-6-21(23)16-22)7-4-13-27(2)14-12-19-8-11-24-25(15-19)30-17-29-24/h3-11,15-16H,12-14,17H2,1-2H3,(H,26,28)/b7-4+. The summed E-state index contributed by atoms with van der Waals surface area (Å²) in [7, 11) is 2.13. The summed E-state index contributed by atoms with van der Waals surface area (Å²) in [6.45, 7) is 3.66. The Morgan fingerprint density at radius 2 is 1.97 bits per heavy atom. The van der Waals surface area contributed by atoms with Crippen LogP contribution in [0.5, 0.6) is 11.5 Å². The van der Waals surface area contributed by atoms with Crippen LogP contribution in [0.2, 0.25) is 0 Å². The molecule has 1 amide bonds. The van der Waals surface area contributed by atoms with Gasteiger partial charge in [-0.1, -0.05) is 42.5 Å². The highest BCUT2D eigenvalue weighted by atomic mass is 16.7. The minimum Gasteiger partial charge on any atom is -0.454 e. The molecule has 0 saturated heterocycles. The van der Waals surface area contributed by atoms with Crippen molar-refractivity contribution in [3.05, 3.63) is 71.8 Å². The molecule has 0 saturated carbocycles. The van der Waals surface area contributed by atoms with Crippen molar-refractivity contribution in [1.29, 1.82) is 0 Å². The van der Waals surface area contributed by atoms with E-state index in [9.17, 15) is 4.79 Å². The third kappa shape index (κ3) is 4.81. The molecule has 1 aliphatic heterocycles. The number of hydrogen-bond donors (Lipinski definition) is 1. The second kappa shape index (κ2) is 9.01. The number of nitrogens with one attached hydrogen (secondary N) is 1. The van der Waals surface area contributed by atoms with Gasteiger partial charge in [-0.2, -0.15) is 0 Å². The Labute approximate surface area is 176 Å². The van der Waals surface area contributed by atoms with Crippen molar-refractivity contribution >= 4 is 28.4 Å². The predicted molar refractivity (Wildman–Crippen MR) is 121 cm³/mol. The predicted octanol–water partition coefficient (Wildman–Crippen LogP) is 4.71. The molecular formula is C25H26N2O3. The van der Waals surface area contributed by atoms with Crippen LogP contribution in [0.15, 0.2) is 60.7 Å². The van der Waals surface area contributed by atoms with E-state index >= 15 is 0 Å². The van der Waals surface area contributed by atoms with Crippen LogP contribution in [0.3, 0.4) is 0 Å². The molecule has 0 fully saturated rings. The van der Waals surface area contributed by atoms with Gasteiger partial charge >= 0.3 is 0 Å². The second-order valence-electron chi connectivity index (χ2n) is 7.57. The Morgan fingerprint density at radius 1 is 1.10 bits per heavy atom. The summed E-state index contributed by atoms with van der Waals surface area (Å²) < 4.78 is 10.8. The van der Waals surface area contributed by atoms with E-state index < -0.39 is 0 Å². The number of amides is 1. The molecule has 30 heavy (non-hydrogen) atoms. The number of carbonyl (C=O) groups is 1. The Kier molecular flexibility index (Phi) is 6.00. The van der Waals surface area contributed by atoms with Crippen LogP contribution in [-0.4, -0.2) is 37.7 Å². The van der Waals surface area contributed by atoms with Crippen molar-refractivity contribution in [3.63, 3.8) is 0 Å². The van der Waals surface area contributed by atoms with E-state index in [4.69, 9.17) is 9.47 Å². The first-order valence-electron chi connectivity index (χ1n) is 10.1. The van der Waals surface area contributed by atoms with E-state index in [1.165, 1.54) is 23.4 Å². The van der Waals surface area contributed by atoms with Gasteiger partial charge < -0.3 is 19.7 Å². The topological polar surface area (TPSA) is 50.8 Å². The fourth-order valence-electron chi connectivity index (χ4n) is 3.60. The van der Waals surface area contributed by atoms with Gasteiger partial charge in [0.25, 0.3) is 0 Å². The van der Waals surface area contributed by atoms with Crippen LogP contribution in [0.1, 0.15) is 18.1 Å². The van der Waals surface area contributed by atoms with Gasteiger partial charge in [-0.25, -0.2) is 0 Å². The molecule has 0 unspecified atom stereocenters. The first-order chi connectivity index (χ1) is 14.6. The van der Waals surface area contributed by atoms with E-state index in [2.05, 4.69) is 59.7 Å². The maximum absolute atomic E-state index is 11.3. The number of nitrogens with zero attached hydrogens (tertiary/aromatic N) is 1. The van der Waals surface area contributed by atoms with Gasteiger partial charge in [0.2, 0.25) is 12.7 Å². The Hall–Kier alpha value is -3.31. The van der Waals surface area contributed by atoms with Gasteiger partial charge in [0, 0.05) is 25.7 Å². The van der Waals surface area contributed by atoms with Crippen molar-refractivity contribution < 1.29 is 14.3 Å². The smallest absolute Gasteiger partial charge is 0.231 e. The Balaban J connectivity index is 1.35. The molecule has 3 aromatic rings. The molecular weight excluding hydrogens is 376 g/mol. The fraction of sp³-hybridized carbons (Fsp3) is 0.240. The van der Waals surface area contributed by atoms with Crippen molar-refractivity contribution in [2.45, 2.75) is 13.3 Å². The lowest BCUT2D eigenvalue weighted by Gasteiger charge is -2.14. The van der Waals surface area contributed by atoms with Gasteiger partial charge in [0.15, 0.2) is 11.5 Å². The van der Waals surface area contributed by atoms with Gasteiger partial charge in [-0.05, 0) is 59.6 Å². The van der Waals surface area contributed by atoms with Crippen LogP contribution in [0, 0.1) is 0 Å². The Morgan fingerprint density at radius 3 is 2.83 bits per heavy atom. The molecule has 0 atom stereocenters. The lowest BCUT2D eigenvalue weighted by atomic mass is 10.0. The average molecular weight is 402 g/mol. The van der Waals surface area contributed by atoms with Crippen molar-refractivity contribution in [3.8, 4) is 11.5 Å². The first-order valence-corrected chi connectivity index (χ1v) is 10.1. The zero-order valence-corrected chi connectivity index (χ0v) is 17.4. The minimum absolute atomic E-state index is 0.0609. The highest BCUT2D eigenvalue weighted by molar-refractivity contribution is 5.96. The summed E-state index contributed by atoms with van der Waals surface area (Å²) in [5.74, 6) is 1.61. The molecule has 0 radical (unpaired) electrons. The largest absolute Gasteiger partial charge is 0.454 e. The lowest BCUT2D eigenvalue weighted by molar-refractivity contribution is -0.114. The molecule has 1 N–H and O–H groups in total. The normalized spacial score (nSPS) is 12.8. The van der Waals surface area contributed by atoms with Crippen LogP contribution >= 0.6 is 0 Å². The third-order valence-corrected chi connectivity index (χ3v) is 5.17. The molecule has 0 spiro atoms. The van der Waals surface area contributed by atoms with Crippen molar-refractivity contribution in [1.82, 2.24) is 4.90 Å². The SMILES string of the molecule is CC(=O)Nc1ccc2c(/C=C/CN(C)CCc3ccc4c(c3)OCO4)cccc2c1. The van der Waals surface area contributed by atoms with Gasteiger partial charge in [0.05, 0.1) is 0 Å². The highest BCUT2D eigenvalue weighted by Crippen LogP contribution is 2.32. The van der Waals surface area contributed by atoms with E-state index in [0.29, 0.717) is 6.79 Å². The second-order valence-corrected chi connectivity index (χ2v) is 7.57. The van der Waals surface area contributed by atoms with Crippen molar-refractivity contribution in [2.75, 3.05) is 32.2 Å². The molecule has 1 aliphatic rings. The number of rotatable bonds is 7. The van der Waals surface area contributed by atoms with Crippen LogP contribution in [0.25, 0.3) is 16.8 Å². The Bertz CT molecular complexity index is 1090. The molecule has 0 aromatic heterocycles. The molecule has 0 bridgehead atoms. The summed E-state index contributed by atoms with van der Waals surface area (Å²) in [5.41, 5.74) is 3.24. The fourth-order valence-corrected chi connectivity index (χ4v) is 3.60. The summed E-state index contributed by atoms with van der Waals surface area (Å²) in [6.07, 6.45) is 5.31. The summed E-state index contributed by atoms with van der Waals surface area (Å²) >= 11 is 0. The number of likely N-dealkylation sites (N-methyl/N-ethyl adjacent to an activating group) is 1. The number of carbonyl (C=O) groups excluding carboxylic acids is 1. The number of anilines is 1. The van der Waals surface area contributed by atoms with Crippen LogP contribution in [0.4, 0.5) is 5.69 Å². The molecule has 1 heterocycles. The average Bonchev–Trinajstić information content (AvgIpc) is 3.19. The van der Waals surface area contributed by atoms with Gasteiger partial charge in [-0.3, -0.25) is 4.79 Å². The first kappa shape index (κ1) is 20.0. The summed E-state index contributed by atoms with van der Waals surface area (Å²) in [4.78, 5) is 13.6. The molecule has 0 aliphatic carbocycles. The molecule has 5 nitrogen and oxygen atoms in total. The quantitative estimate of drug-likeness (QED) is 0.622. The van der Waals surface area contributed by atoms with E-state index in [1.54, 1.807) is 0 Å². The van der Waals surface area contributed by atoms with E-state index in [0.717, 1.165) is 42.1 Å². The summed E-state index contributed by atoms with van der Waals surface area (Å²) in [5, 5.41) is 5.12. The van der Waals surface area contributed by atoms with E-state index in [-0.39, 0.29) is 5.91 Å².